The van der Waals surface area contributed by atoms with E-state index in [-0.39, 0.29) is 18.4 Å². The Morgan fingerprint density at radius 3 is 2.53 bits per heavy atom. The molecule has 0 radical (unpaired) electrons. The lowest BCUT2D eigenvalue weighted by Crippen LogP contribution is -2.51. The molecule has 0 spiro atoms. The molecule has 0 unspecified atom stereocenters. The van der Waals surface area contributed by atoms with E-state index < -0.39 is 5.41 Å². The van der Waals surface area contributed by atoms with Crippen LogP contribution in [0.3, 0.4) is 0 Å². The van der Waals surface area contributed by atoms with Crippen LogP contribution in [0.15, 0.2) is 0 Å². The Morgan fingerprint density at radius 2 is 2.00 bits per heavy atom. The molecule has 0 bridgehead atoms. The van der Waals surface area contributed by atoms with Crippen LogP contribution in [0.25, 0.3) is 0 Å². The van der Waals surface area contributed by atoms with Crippen molar-refractivity contribution in [2.24, 2.45) is 11.1 Å². The first-order valence-corrected chi connectivity index (χ1v) is 6.86. The minimum atomic E-state index is -0.558. The molecule has 1 fully saturated rings. The first-order chi connectivity index (χ1) is 9.05. The molecule has 6 heteroatoms. The summed E-state index contributed by atoms with van der Waals surface area (Å²) in [5, 5.41) is 2.76. The van der Waals surface area contributed by atoms with Gasteiger partial charge in [-0.3, -0.25) is 9.59 Å². The maximum Gasteiger partial charge on any atom is 0.239 e. The molecule has 2 amide bonds. The van der Waals surface area contributed by atoms with E-state index in [4.69, 9.17) is 10.5 Å². The maximum absolute atomic E-state index is 12.5. The third-order valence-corrected chi connectivity index (χ3v) is 3.59. The van der Waals surface area contributed by atoms with Crippen molar-refractivity contribution in [3.05, 3.63) is 0 Å². The van der Waals surface area contributed by atoms with Gasteiger partial charge in [-0.15, -0.1) is 0 Å². The van der Waals surface area contributed by atoms with Gasteiger partial charge in [0.15, 0.2) is 0 Å². The van der Waals surface area contributed by atoms with Gasteiger partial charge in [0.2, 0.25) is 11.8 Å². The van der Waals surface area contributed by atoms with Crippen molar-refractivity contribution in [1.82, 2.24) is 10.2 Å². The molecule has 110 valence electrons. The minimum Gasteiger partial charge on any atom is -0.381 e. The van der Waals surface area contributed by atoms with Crippen molar-refractivity contribution in [2.75, 3.05) is 39.9 Å². The van der Waals surface area contributed by atoms with Crippen molar-refractivity contribution in [3.8, 4) is 0 Å². The van der Waals surface area contributed by atoms with Crippen LogP contribution >= 0.6 is 0 Å². The van der Waals surface area contributed by atoms with Crippen LogP contribution in [0.5, 0.6) is 0 Å². The van der Waals surface area contributed by atoms with Gasteiger partial charge in [0.1, 0.15) is 0 Å². The Hall–Kier alpha value is -1.14. The molecule has 1 aliphatic rings. The van der Waals surface area contributed by atoms with E-state index in [1.54, 1.807) is 7.05 Å². The highest BCUT2D eigenvalue weighted by Crippen LogP contribution is 2.31. The van der Waals surface area contributed by atoms with E-state index >= 15 is 0 Å². The van der Waals surface area contributed by atoms with E-state index in [1.807, 2.05) is 6.92 Å². The Balaban J connectivity index is 2.56. The minimum absolute atomic E-state index is 0.0510. The molecule has 19 heavy (non-hydrogen) atoms. The maximum atomic E-state index is 12.5. The van der Waals surface area contributed by atoms with Crippen LogP contribution in [0.4, 0.5) is 0 Å². The third kappa shape index (κ3) is 4.18. The van der Waals surface area contributed by atoms with Gasteiger partial charge in [-0.1, -0.05) is 6.92 Å². The van der Waals surface area contributed by atoms with E-state index in [0.717, 1.165) is 6.42 Å². The highest BCUT2D eigenvalue weighted by atomic mass is 16.5. The highest BCUT2D eigenvalue weighted by Gasteiger charge is 2.40. The van der Waals surface area contributed by atoms with Crippen LogP contribution in [-0.4, -0.2) is 56.6 Å². The molecular formula is C13H25N3O3. The van der Waals surface area contributed by atoms with Gasteiger partial charge in [-0.05, 0) is 19.3 Å². The number of rotatable bonds is 6. The summed E-state index contributed by atoms with van der Waals surface area (Å²) in [6.07, 6.45) is 2.14. The zero-order valence-corrected chi connectivity index (χ0v) is 11.9. The number of ether oxygens (including phenoxy) is 1. The number of nitrogens with zero attached hydrogens (tertiary/aromatic N) is 1. The number of amides is 2. The molecule has 1 rings (SSSR count). The molecule has 0 saturated carbocycles. The van der Waals surface area contributed by atoms with E-state index in [1.165, 1.54) is 4.90 Å². The fourth-order valence-corrected chi connectivity index (χ4v) is 2.28. The molecule has 3 N–H and O–H groups in total. The molecule has 0 aromatic rings. The van der Waals surface area contributed by atoms with Crippen LogP contribution in [0.1, 0.15) is 26.2 Å². The number of hydrogen-bond acceptors (Lipinski definition) is 4. The predicted molar refractivity (Wildman–Crippen MR) is 72.5 cm³/mol. The lowest BCUT2D eigenvalue weighted by atomic mass is 9.79. The monoisotopic (exact) mass is 271 g/mol. The summed E-state index contributed by atoms with van der Waals surface area (Å²) in [6, 6.07) is 0. The molecular weight excluding hydrogens is 246 g/mol. The number of carbonyl (C=O) groups is 2. The highest BCUT2D eigenvalue weighted by molar-refractivity contribution is 5.88. The molecule has 1 heterocycles. The molecule has 0 atom stereocenters. The Morgan fingerprint density at radius 1 is 1.37 bits per heavy atom. The summed E-state index contributed by atoms with van der Waals surface area (Å²) in [4.78, 5) is 25.6. The predicted octanol–water partition coefficient (Wildman–Crippen LogP) is -0.273. The van der Waals surface area contributed by atoms with Gasteiger partial charge in [-0.2, -0.15) is 0 Å². The molecule has 0 aliphatic carbocycles. The van der Waals surface area contributed by atoms with Crippen molar-refractivity contribution in [3.63, 3.8) is 0 Å². The quantitative estimate of drug-likeness (QED) is 0.696. The lowest BCUT2D eigenvalue weighted by Gasteiger charge is -2.37. The van der Waals surface area contributed by atoms with Crippen LogP contribution in [0.2, 0.25) is 0 Å². The average Bonchev–Trinajstić information content (AvgIpc) is 2.44. The van der Waals surface area contributed by atoms with Crippen molar-refractivity contribution in [2.45, 2.75) is 26.2 Å². The number of nitrogens with one attached hydrogen (secondary N) is 1. The Labute approximate surface area is 114 Å². The van der Waals surface area contributed by atoms with Gasteiger partial charge in [0.25, 0.3) is 0 Å². The van der Waals surface area contributed by atoms with E-state index in [0.29, 0.717) is 39.1 Å². The summed E-state index contributed by atoms with van der Waals surface area (Å²) in [5.74, 6) is -0.179. The third-order valence-electron chi connectivity index (χ3n) is 3.59. The largest absolute Gasteiger partial charge is 0.381 e. The summed E-state index contributed by atoms with van der Waals surface area (Å²) in [5.41, 5.74) is 5.23. The standard InChI is InChI=1S/C13H25N3O3/c1-3-6-15-11(17)9-16(2)12(18)13(10-14)4-7-19-8-5-13/h3-10,14H2,1-2H3,(H,15,17). The van der Waals surface area contributed by atoms with Gasteiger partial charge >= 0.3 is 0 Å². The smallest absolute Gasteiger partial charge is 0.239 e. The van der Waals surface area contributed by atoms with Crippen LogP contribution in [0, 0.1) is 5.41 Å². The normalized spacial score (nSPS) is 17.8. The van der Waals surface area contributed by atoms with Crippen LogP contribution in [-0.2, 0) is 14.3 Å². The number of hydrogen-bond donors (Lipinski definition) is 2. The number of likely N-dealkylation sites (N-methyl/N-ethyl adjacent to an activating group) is 1. The first kappa shape index (κ1) is 15.9. The fraction of sp³-hybridized carbons (Fsp3) is 0.846. The van der Waals surface area contributed by atoms with Gasteiger partial charge < -0.3 is 20.7 Å². The van der Waals surface area contributed by atoms with Crippen LogP contribution < -0.4 is 11.1 Å². The second-order valence-electron chi connectivity index (χ2n) is 5.11. The topological polar surface area (TPSA) is 84.7 Å². The molecule has 1 saturated heterocycles. The Kier molecular flexibility index (Phi) is 6.24. The summed E-state index contributed by atoms with van der Waals surface area (Å²) in [6.45, 7) is 4.12. The SMILES string of the molecule is CCCNC(=O)CN(C)C(=O)C1(CN)CCOCC1. The van der Waals surface area contributed by atoms with Gasteiger partial charge in [0.05, 0.1) is 12.0 Å². The summed E-state index contributed by atoms with van der Waals surface area (Å²) < 4.78 is 5.29. The molecule has 1 aliphatic heterocycles. The van der Waals surface area contributed by atoms with Crippen molar-refractivity contribution >= 4 is 11.8 Å². The van der Waals surface area contributed by atoms with Gasteiger partial charge in [-0.25, -0.2) is 0 Å². The first-order valence-electron chi connectivity index (χ1n) is 6.86. The number of carbonyl (C=O) groups excluding carboxylic acids is 2. The van der Waals surface area contributed by atoms with E-state index in [2.05, 4.69) is 5.32 Å². The van der Waals surface area contributed by atoms with Crippen molar-refractivity contribution in [1.29, 1.82) is 0 Å². The second kappa shape index (κ2) is 7.45. The van der Waals surface area contributed by atoms with E-state index in [9.17, 15) is 9.59 Å². The second-order valence-corrected chi connectivity index (χ2v) is 5.11. The average molecular weight is 271 g/mol. The summed E-state index contributed by atoms with van der Waals surface area (Å²) in [7, 11) is 1.65. The number of nitrogens with two attached hydrogens (primary N) is 1. The zero-order valence-electron chi connectivity index (χ0n) is 11.9. The zero-order chi connectivity index (χ0) is 14.3. The molecule has 0 aromatic heterocycles. The Bertz CT molecular complexity index is 314. The fourth-order valence-electron chi connectivity index (χ4n) is 2.28. The lowest BCUT2D eigenvalue weighted by molar-refractivity contribution is -0.148. The summed E-state index contributed by atoms with van der Waals surface area (Å²) >= 11 is 0. The molecule has 0 aromatic carbocycles. The van der Waals surface area contributed by atoms with Crippen molar-refractivity contribution < 1.29 is 14.3 Å². The van der Waals surface area contributed by atoms with Gasteiger partial charge in [0, 0.05) is 33.4 Å². The molecule has 6 nitrogen and oxygen atoms in total.